The van der Waals surface area contributed by atoms with E-state index in [-0.39, 0.29) is 24.3 Å². The highest BCUT2D eigenvalue weighted by molar-refractivity contribution is 5.94. The first-order chi connectivity index (χ1) is 12.0. The molecule has 0 bridgehead atoms. The van der Waals surface area contributed by atoms with Crippen molar-refractivity contribution in [3.8, 4) is 0 Å². The lowest BCUT2D eigenvalue weighted by atomic mass is 10.2. The topological polar surface area (TPSA) is 134 Å². The molecule has 0 radical (unpaired) electrons. The van der Waals surface area contributed by atoms with E-state index in [1.54, 1.807) is 24.4 Å². The molecule has 9 nitrogen and oxygen atoms in total. The van der Waals surface area contributed by atoms with Gasteiger partial charge < -0.3 is 10.4 Å². The number of amides is 1. The van der Waals surface area contributed by atoms with Gasteiger partial charge in [-0.15, -0.1) is 0 Å². The van der Waals surface area contributed by atoms with Gasteiger partial charge in [-0.3, -0.25) is 30.0 Å². The van der Waals surface area contributed by atoms with Crippen molar-refractivity contribution in [2.45, 2.75) is 19.0 Å². The molecule has 0 fully saturated rings. The number of carboxylic acids is 1. The van der Waals surface area contributed by atoms with Gasteiger partial charge in [-0.1, -0.05) is 12.1 Å². The lowest BCUT2D eigenvalue weighted by molar-refractivity contribution is -0.384. The molecule has 1 aromatic carbocycles. The number of nitro benzene ring substituents is 1. The highest BCUT2D eigenvalue weighted by Gasteiger charge is 2.21. The van der Waals surface area contributed by atoms with Crippen molar-refractivity contribution >= 4 is 23.3 Å². The summed E-state index contributed by atoms with van der Waals surface area (Å²) < 4.78 is 0. The van der Waals surface area contributed by atoms with Gasteiger partial charge >= 0.3 is 5.97 Å². The Morgan fingerprint density at radius 2 is 2.04 bits per heavy atom. The van der Waals surface area contributed by atoms with E-state index >= 15 is 0 Å². The second-order valence-corrected chi connectivity index (χ2v) is 5.15. The first kappa shape index (κ1) is 18.0. The van der Waals surface area contributed by atoms with Crippen molar-refractivity contribution in [1.29, 1.82) is 0 Å². The SMILES string of the molecule is O=C(CC(NCc1ccccn1)C(=O)O)Nc1cccc([N+](=O)[O-])c1. The summed E-state index contributed by atoms with van der Waals surface area (Å²) in [6.45, 7) is 0.196. The average molecular weight is 344 g/mol. The van der Waals surface area contributed by atoms with Crippen molar-refractivity contribution in [3.63, 3.8) is 0 Å². The molecule has 0 aliphatic rings. The number of pyridine rings is 1. The molecule has 0 saturated carbocycles. The van der Waals surface area contributed by atoms with E-state index in [4.69, 9.17) is 0 Å². The first-order valence-corrected chi connectivity index (χ1v) is 7.36. The maximum atomic E-state index is 12.0. The van der Waals surface area contributed by atoms with E-state index in [0.29, 0.717) is 5.69 Å². The molecule has 2 rings (SSSR count). The number of nitrogens with one attached hydrogen (secondary N) is 2. The van der Waals surface area contributed by atoms with Crippen LogP contribution in [0.3, 0.4) is 0 Å². The van der Waals surface area contributed by atoms with E-state index in [1.807, 2.05) is 0 Å². The number of aliphatic carboxylic acids is 1. The van der Waals surface area contributed by atoms with Crippen LogP contribution in [0.15, 0.2) is 48.7 Å². The molecular weight excluding hydrogens is 328 g/mol. The molecule has 1 atom stereocenters. The third-order valence-electron chi connectivity index (χ3n) is 3.28. The number of hydrogen-bond acceptors (Lipinski definition) is 6. The maximum Gasteiger partial charge on any atom is 0.321 e. The Balaban J connectivity index is 1.94. The minimum absolute atomic E-state index is 0.166. The molecule has 130 valence electrons. The summed E-state index contributed by atoms with van der Waals surface area (Å²) in [5.41, 5.74) is 0.710. The molecule has 0 spiro atoms. The zero-order valence-electron chi connectivity index (χ0n) is 13.1. The standard InChI is InChI=1S/C16H16N4O5/c21-15(19-11-5-3-6-13(8-11)20(24)25)9-14(16(22)23)18-10-12-4-1-2-7-17-12/h1-8,14,18H,9-10H2,(H,19,21)(H,22,23). The number of benzene rings is 1. The van der Waals surface area contributed by atoms with Gasteiger partial charge in [0.1, 0.15) is 6.04 Å². The van der Waals surface area contributed by atoms with Crippen LogP contribution in [-0.2, 0) is 16.1 Å². The summed E-state index contributed by atoms with van der Waals surface area (Å²) in [6.07, 6.45) is 1.26. The van der Waals surface area contributed by atoms with E-state index in [2.05, 4.69) is 15.6 Å². The molecule has 1 amide bonds. The number of carboxylic acid groups (broad SMARTS) is 1. The number of nitro groups is 1. The molecule has 9 heteroatoms. The van der Waals surface area contributed by atoms with Crippen LogP contribution in [0.25, 0.3) is 0 Å². The Labute approximate surface area is 142 Å². The Morgan fingerprint density at radius 3 is 2.68 bits per heavy atom. The summed E-state index contributed by atoms with van der Waals surface area (Å²) in [4.78, 5) is 37.5. The van der Waals surface area contributed by atoms with Crippen LogP contribution in [0.4, 0.5) is 11.4 Å². The van der Waals surface area contributed by atoms with Crippen molar-refractivity contribution in [2.75, 3.05) is 5.32 Å². The van der Waals surface area contributed by atoms with Crippen LogP contribution in [0, 0.1) is 10.1 Å². The second kappa shape index (κ2) is 8.50. The quantitative estimate of drug-likeness (QED) is 0.488. The fourth-order valence-electron chi connectivity index (χ4n) is 2.07. The molecular formula is C16H16N4O5. The van der Waals surface area contributed by atoms with Gasteiger partial charge in [-0.25, -0.2) is 0 Å². The molecule has 1 heterocycles. The normalized spacial score (nSPS) is 11.5. The predicted octanol–water partition coefficient (Wildman–Crippen LogP) is 1.56. The zero-order valence-corrected chi connectivity index (χ0v) is 13.1. The highest BCUT2D eigenvalue weighted by atomic mass is 16.6. The van der Waals surface area contributed by atoms with Crippen molar-refractivity contribution in [1.82, 2.24) is 10.3 Å². The van der Waals surface area contributed by atoms with Gasteiger partial charge in [-0.05, 0) is 18.2 Å². The predicted molar refractivity (Wildman–Crippen MR) is 88.8 cm³/mol. The molecule has 25 heavy (non-hydrogen) atoms. The third-order valence-corrected chi connectivity index (χ3v) is 3.28. The summed E-state index contributed by atoms with van der Waals surface area (Å²) in [5, 5.41) is 25.2. The number of carbonyl (C=O) groups excluding carboxylic acids is 1. The van der Waals surface area contributed by atoms with Gasteiger partial charge in [-0.2, -0.15) is 0 Å². The van der Waals surface area contributed by atoms with Crippen LogP contribution in [-0.4, -0.2) is 32.9 Å². The number of aromatic nitrogens is 1. The van der Waals surface area contributed by atoms with Crippen molar-refractivity contribution in [3.05, 3.63) is 64.5 Å². The smallest absolute Gasteiger partial charge is 0.321 e. The Kier molecular flexibility index (Phi) is 6.13. The number of anilines is 1. The fraction of sp³-hybridized carbons (Fsp3) is 0.188. The molecule has 0 saturated heterocycles. The summed E-state index contributed by atoms with van der Waals surface area (Å²) in [5.74, 6) is -1.74. The number of carbonyl (C=O) groups is 2. The molecule has 3 N–H and O–H groups in total. The van der Waals surface area contributed by atoms with E-state index in [1.165, 1.54) is 24.3 Å². The Bertz CT molecular complexity index is 766. The van der Waals surface area contributed by atoms with Gasteiger partial charge in [0, 0.05) is 30.6 Å². The van der Waals surface area contributed by atoms with E-state index < -0.39 is 22.8 Å². The lowest BCUT2D eigenvalue weighted by Crippen LogP contribution is -2.39. The van der Waals surface area contributed by atoms with Gasteiger partial charge in [0.25, 0.3) is 5.69 Å². The van der Waals surface area contributed by atoms with Crippen molar-refractivity contribution in [2.24, 2.45) is 0 Å². The second-order valence-electron chi connectivity index (χ2n) is 5.15. The van der Waals surface area contributed by atoms with Crippen molar-refractivity contribution < 1.29 is 19.6 Å². The maximum absolute atomic E-state index is 12.0. The number of non-ortho nitro benzene ring substituents is 1. The highest BCUT2D eigenvalue weighted by Crippen LogP contribution is 2.17. The fourth-order valence-corrected chi connectivity index (χ4v) is 2.07. The van der Waals surface area contributed by atoms with E-state index in [9.17, 15) is 24.8 Å². The average Bonchev–Trinajstić information content (AvgIpc) is 2.59. The molecule has 2 aromatic rings. The van der Waals surface area contributed by atoms with Crippen LogP contribution in [0.2, 0.25) is 0 Å². The molecule has 1 aromatic heterocycles. The Morgan fingerprint density at radius 1 is 1.24 bits per heavy atom. The molecule has 0 aliphatic carbocycles. The number of rotatable bonds is 8. The largest absolute Gasteiger partial charge is 0.480 e. The third kappa shape index (κ3) is 5.66. The summed E-state index contributed by atoms with van der Waals surface area (Å²) in [6, 6.07) is 9.55. The Hall–Kier alpha value is -3.33. The number of nitrogens with zero attached hydrogens (tertiary/aromatic N) is 2. The molecule has 1 unspecified atom stereocenters. The first-order valence-electron chi connectivity index (χ1n) is 7.36. The summed E-state index contributed by atoms with van der Waals surface area (Å²) in [7, 11) is 0. The van der Waals surface area contributed by atoms with Gasteiger partial charge in [0.2, 0.25) is 5.91 Å². The minimum Gasteiger partial charge on any atom is -0.480 e. The monoisotopic (exact) mass is 344 g/mol. The number of hydrogen-bond donors (Lipinski definition) is 3. The van der Waals surface area contributed by atoms with Gasteiger partial charge in [0.15, 0.2) is 0 Å². The van der Waals surface area contributed by atoms with Crippen LogP contribution in [0.1, 0.15) is 12.1 Å². The molecule has 0 aliphatic heterocycles. The minimum atomic E-state index is -1.18. The van der Waals surface area contributed by atoms with Crippen LogP contribution >= 0.6 is 0 Å². The van der Waals surface area contributed by atoms with Crippen LogP contribution < -0.4 is 10.6 Å². The summed E-state index contributed by atoms with van der Waals surface area (Å²) >= 11 is 0. The van der Waals surface area contributed by atoms with Crippen LogP contribution in [0.5, 0.6) is 0 Å². The zero-order chi connectivity index (χ0) is 18.2. The van der Waals surface area contributed by atoms with E-state index in [0.717, 1.165) is 0 Å². The van der Waals surface area contributed by atoms with Gasteiger partial charge in [0.05, 0.1) is 17.0 Å². The lowest BCUT2D eigenvalue weighted by Gasteiger charge is -2.14.